The van der Waals surface area contributed by atoms with Gasteiger partial charge in [0.15, 0.2) is 0 Å². The van der Waals surface area contributed by atoms with E-state index < -0.39 is 26.6 Å². The van der Waals surface area contributed by atoms with Crippen LogP contribution in [0.2, 0.25) is 0 Å². The lowest BCUT2D eigenvalue weighted by Gasteiger charge is -2.30. The Balaban J connectivity index is 5.40. The van der Waals surface area contributed by atoms with Crippen LogP contribution in [-0.4, -0.2) is 69.4 Å². The fourth-order valence-electron chi connectivity index (χ4n) is 7.84. The highest BCUT2D eigenvalue weighted by Crippen LogP contribution is 2.38. The van der Waals surface area contributed by atoms with Crippen LogP contribution in [0.1, 0.15) is 239 Å². The number of allylic oxidation sites excluding steroid dienone is 13. The lowest BCUT2D eigenvalue weighted by Crippen LogP contribution is -2.47. The maximum atomic E-state index is 13.5. The van der Waals surface area contributed by atoms with Crippen molar-refractivity contribution >= 4 is 19.7 Å². The second-order valence-electron chi connectivity index (χ2n) is 20.4. The maximum absolute atomic E-state index is 13.5. The van der Waals surface area contributed by atoms with Gasteiger partial charge < -0.3 is 28.5 Å². The molecule has 1 amide bonds. The second-order valence-corrected chi connectivity index (χ2v) is 21.8. The molecule has 0 spiro atoms. The van der Waals surface area contributed by atoms with Crippen LogP contribution in [0.5, 0.6) is 0 Å². The van der Waals surface area contributed by atoms with Gasteiger partial charge in [-0.25, -0.2) is 0 Å². The first kappa shape index (κ1) is 68.2. The van der Waals surface area contributed by atoms with Crippen molar-refractivity contribution in [3.63, 3.8) is 0 Å². The molecule has 3 atom stereocenters. The summed E-state index contributed by atoms with van der Waals surface area (Å²) < 4.78 is 30.2. The monoisotopic (exact) mass is 1010 g/mol. The van der Waals surface area contributed by atoms with Crippen molar-refractivity contribution in [3.8, 4) is 0 Å². The highest BCUT2D eigenvalue weighted by Gasteiger charge is 2.27. The summed E-state index contributed by atoms with van der Waals surface area (Å²) in [4.78, 5) is 39.8. The number of hydrogen-bond acceptors (Lipinski definition) is 7. The fraction of sp³-hybridized carbons (Fsp3) is 0.738. The smallest absolute Gasteiger partial charge is 0.306 e. The van der Waals surface area contributed by atoms with Gasteiger partial charge in [0.1, 0.15) is 19.3 Å². The molecule has 0 heterocycles. The van der Waals surface area contributed by atoms with Crippen LogP contribution in [0, 0.1) is 0 Å². The van der Waals surface area contributed by atoms with Gasteiger partial charge in [-0.2, -0.15) is 0 Å². The summed E-state index contributed by atoms with van der Waals surface area (Å²) >= 11 is 0. The molecule has 0 aliphatic heterocycles. The number of ether oxygens (including phenoxy) is 1. The van der Waals surface area contributed by atoms with E-state index in [0.29, 0.717) is 23.9 Å². The lowest BCUT2D eigenvalue weighted by atomic mass is 10.0. The molecule has 0 saturated carbocycles. The van der Waals surface area contributed by atoms with E-state index in [9.17, 15) is 19.0 Å². The normalized spacial score (nSPS) is 14.4. The van der Waals surface area contributed by atoms with E-state index in [4.69, 9.17) is 13.8 Å². The Bertz CT molecular complexity index is 1490. The van der Waals surface area contributed by atoms with Gasteiger partial charge in [0.25, 0.3) is 7.82 Å². The van der Waals surface area contributed by atoms with E-state index in [0.717, 1.165) is 103 Å². The van der Waals surface area contributed by atoms with Gasteiger partial charge in [0.05, 0.1) is 33.8 Å². The largest absolute Gasteiger partial charge is 0.756 e. The van der Waals surface area contributed by atoms with E-state index in [1.54, 1.807) is 0 Å². The number of quaternary nitrogens is 1. The summed E-state index contributed by atoms with van der Waals surface area (Å²) in [5.41, 5.74) is 0. The molecule has 0 saturated heterocycles. The first-order valence-corrected chi connectivity index (χ1v) is 30.4. The maximum Gasteiger partial charge on any atom is 0.306 e. The fourth-order valence-corrected chi connectivity index (χ4v) is 8.56. The third-order valence-corrected chi connectivity index (χ3v) is 13.3. The molecular formula is C61H109N2O7P. The van der Waals surface area contributed by atoms with Crippen molar-refractivity contribution in [2.24, 2.45) is 0 Å². The first-order valence-electron chi connectivity index (χ1n) is 28.9. The molecule has 0 aromatic rings. The molecule has 0 bridgehead atoms. The molecule has 0 aliphatic rings. The Kier molecular flexibility index (Phi) is 48.7. The number of amides is 1. The van der Waals surface area contributed by atoms with E-state index >= 15 is 0 Å². The SMILES string of the molecule is CC/C=C/C/C=C/CCCCCCCCCC(=O)NC(COP(=O)([O-])OCC[N+](C)(C)C)C(/C=C/CCCCCCCCCCCC)OC(=O)CCCCC/C=C\C/C=C\C/C=C\C/C=C\CCCCC. The van der Waals surface area contributed by atoms with Crippen LogP contribution in [0.25, 0.3) is 0 Å². The minimum Gasteiger partial charge on any atom is -0.756 e. The zero-order valence-electron chi connectivity index (χ0n) is 46.7. The predicted molar refractivity (Wildman–Crippen MR) is 302 cm³/mol. The average Bonchev–Trinajstić information content (AvgIpc) is 3.33. The second kappa shape index (κ2) is 50.7. The minimum atomic E-state index is -4.71. The van der Waals surface area contributed by atoms with Crippen LogP contribution >= 0.6 is 7.82 Å². The number of phosphoric ester groups is 1. The molecule has 71 heavy (non-hydrogen) atoms. The Hall–Kier alpha value is -2.81. The Morgan fingerprint density at radius 1 is 0.507 bits per heavy atom. The number of nitrogens with zero attached hydrogens (tertiary/aromatic N) is 1. The van der Waals surface area contributed by atoms with Gasteiger partial charge >= 0.3 is 5.97 Å². The number of esters is 1. The highest BCUT2D eigenvalue weighted by molar-refractivity contribution is 7.45. The molecule has 1 N–H and O–H groups in total. The number of carbonyl (C=O) groups excluding carboxylic acids is 2. The summed E-state index contributed by atoms with van der Waals surface area (Å²) in [5.74, 6) is -0.591. The van der Waals surface area contributed by atoms with Gasteiger partial charge in [-0.3, -0.25) is 14.2 Å². The number of likely N-dealkylation sites (N-methyl/N-ethyl adjacent to an activating group) is 1. The van der Waals surface area contributed by atoms with E-state index in [2.05, 4.69) is 99.0 Å². The molecule has 0 aromatic carbocycles. The van der Waals surface area contributed by atoms with Gasteiger partial charge in [0.2, 0.25) is 5.91 Å². The van der Waals surface area contributed by atoms with Crippen LogP contribution < -0.4 is 10.2 Å². The van der Waals surface area contributed by atoms with Crippen molar-refractivity contribution in [2.45, 2.75) is 251 Å². The summed E-state index contributed by atoms with van der Waals surface area (Å²) in [5, 5.41) is 3.00. The van der Waals surface area contributed by atoms with Crippen molar-refractivity contribution in [3.05, 3.63) is 85.1 Å². The Morgan fingerprint density at radius 3 is 1.39 bits per heavy atom. The number of hydrogen-bond donors (Lipinski definition) is 1. The van der Waals surface area contributed by atoms with Gasteiger partial charge in [-0.15, -0.1) is 0 Å². The predicted octanol–water partition coefficient (Wildman–Crippen LogP) is 16.8. The molecule has 9 nitrogen and oxygen atoms in total. The quantitative estimate of drug-likeness (QED) is 0.0212. The molecule has 0 rings (SSSR count). The zero-order chi connectivity index (χ0) is 52.2. The molecule has 0 aliphatic carbocycles. The van der Waals surface area contributed by atoms with Crippen LogP contribution in [-0.2, 0) is 27.9 Å². The molecule has 0 aromatic heterocycles. The zero-order valence-corrected chi connectivity index (χ0v) is 47.5. The van der Waals surface area contributed by atoms with Crippen LogP contribution in [0.4, 0.5) is 0 Å². The standard InChI is InChI=1S/C61H109N2O7P/c1-7-10-13-16-19-22-25-28-30-31-32-33-34-36-39-42-45-48-51-54-61(65)70-59(52-49-46-43-40-37-27-24-21-18-15-12-9-3)58(57-69-71(66,67)68-56-55-63(4,5)6)62-60(64)53-50-47-44-41-38-35-29-26-23-20-17-14-11-8-2/h11,14,19-20,22-23,28,30,32-33,36,39,49,52,58-59H,7-10,12-13,15-18,21,24-27,29,31,34-35,37-38,40-48,50-51,53-57H2,1-6H3,(H-,62,64,66,67)/b14-11+,22-19-,23-20+,30-28-,33-32-,39-36-,52-49+. The molecule has 410 valence electrons. The first-order chi connectivity index (χ1) is 34.4. The summed E-state index contributed by atoms with van der Waals surface area (Å²) in [7, 11) is 1.15. The van der Waals surface area contributed by atoms with Gasteiger partial charge in [-0.05, 0) is 102 Å². The van der Waals surface area contributed by atoms with Crippen molar-refractivity contribution in [1.82, 2.24) is 5.32 Å². The topological polar surface area (TPSA) is 114 Å². The summed E-state index contributed by atoms with van der Waals surface area (Å²) in [6.07, 6.45) is 65.4. The van der Waals surface area contributed by atoms with Crippen molar-refractivity contribution in [1.29, 1.82) is 0 Å². The van der Waals surface area contributed by atoms with Gasteiger partial charge in [0, 0.05) is 12.8 Å². The average molecular weight is 1010 g/mol. The number of phosphoric acid groups is 1. The van der Waals surface area contributed by atoms with E-state index in [1.165, 1.54) is 96.3 Å². The number of rotatable bonds is 51. The van der Waals surface area contributed by atoms with Crippen LogP contribution in [0.3, 0.4) is 0 Å². The Labute approximate surface area is 437 Å². The summed E-state index contributed by atoms with van der Waals surface area (Å²) in [6.45, 7) is 6.67. The number of nitrogens with one attached hydrogen (secondary N) is 1. The minimum absolute atomic E-state index is 0.0329. The molecule has 10 heteroatoms. The molecular weight excluding hydrogens is 904 g/mol. The molecule has 0 radical (unpaired) electrons. The number of carbonyl (C=O) groups is 2. The third-order valence-electron chi connectivity index (χ3n) is 12.3. The van der Waals surface area contributed by atoms with Crippen molar-refractivity contribution < 1.29 is 37.3 Å². The third kappa shape index (κ3) is 51.9. The van der Waals surface area contributed by atoms with Crippen molar-refractivity contribution in [2.75, 3.05) is 40.9 Å². The van der Waals surface area contributed by atoms with E-state index in [1.807, 2.05) is 33.3 Å². The summed E-state index contributed by atoms with van der Waals surface area (Å²) in [6, 6.07) is -0.908. The highest BCUT2D eigenvalue weighted by atomic mass is 31.2. The van der Waals surface area contributed by atoms with Crippen LogP contribution in [0.15, 0.2) is 85.1 Å². The van der Waals surface area contributed by atoms with E-state index in [-0.39, 0.29) is 24.9 Å². The Morgan fingerprint density at radius 2 is 0.901 bits per heavy atom. The molecule has 0 fully saturated rings. The number of unbranched alkanes of at least 4 members (excludes halogenated alkanes) is 23. The van der Waals surface area contributed by atoms with Gasteiger partial charge in [-0.1, -0.05) is 209 Å². The molecule has 3 unspecified atom stereocenters. The lowest BCUT2D eigenvalue weighted by molar-refractivity contribution is -0.870.